The Morgan fingerprint density at radius 2 is 1.33 bits per heavy atom. The summed E-state index contributed by atoms with van der Waals surface area (Å²) in [5.74, 6) is 0. The van der Waals surface area contributed by atoms with Crippen molar-refractivity contribution in [1.82, 2.24) is 0 Å². The van der Waals surface area contributed by atoms with Crippen molar-refractivity contribution >= 4 is 0 Å². The van der Waals surface area contributed by atoms with Crippen LogP contribution in [0.1, 0.15) is 17.3 Å². The smallest absolute Gasteiger partial charge is 0.133 e. The van der Waals surface area contributed by atoms with Gasteiger partial charge in [-0.25, -0.2) is 4.39 Å². The number of rotatable bonds is 3. The van der Waals surface area contributed by atoms with Crippen molar-refractivity contribution in [2.24, 2.45) is 0 Å². The highest BCUT2D eigenvalue weighted by atomic mass is 19.1. The third-order valence-corrected chi connectivity index (χ3v) is 2.26. The van der Waals surface area contributed by atoms with Crippen molar-refractivity contribution in [3.8, 4) is 0 Å². The van der Waals surface area contributed by atoms with Crippen LogP contribution in [0, 0.1) is 6.42 Å². The monoisotopic (exact) mass is 199 g/mol. The van der Waals surface area contributed by atoms with E-state index in [0.717, 1.165) is 5.56 Å². The largest absolute Gasteiger partial charge is 0.242 e. The van der Waals surface area contributed by atoms with E-state index in [1.807, 2.05) is 48.5 Å². The minimum absolute atomic E-state index is 0.696. The lowest BCUT2D eigenvalue weighted by atomic mass is 10.0. The van der Waals surface area contributed by atoms with Crippen LogP contribution < -0.4 is 0 Å². The van der Waals surface area contributed by atoms with Crippen molar-refractivity contribution in [3.05, 3.63) is 78.2 Å². The molecule has 2 aromatic rings. The second-order valence-corrected chi connectivity index (χ2v) is 3.39. The molecule has 2 rings (SSSR count). The summed E-state index contributed by atoms with van der Waals surface area (Å²) in [4.78, 5) is 0. The highest BCUT2D eigenvalue weighted by Gasteiger charge is 2.09. The summed E-state index contributed by atoms with van der Waals surface area (Å²) in [6.45, 7) is 0. The fourth-order valence-corrected chi connectivity index (χ4v) is 1.47. The van der Waals surface area contributed by atoms with Gasteiger partial charge in [-0.2, -0.15) is 0 Å². The molecule has 0 amide bonds. The minimum Gasteiger partial charge on any atom is -0.242 e. The Morgan fingerprint density at radius 3 is 1.93 bits per heavy atom. The van der Waals surface area contributed by atoms with Crippen LogP contribution in [-0.2, 0) is 0 Å². The van der Waals surface area contributed by atoms with Crippen molar-refractivity contribution < 1.29 is 4.39 Å². The summed E-state index contributed by atoms with van der Waals surface area (Å²) >= 11 is 0. The van der Waals surface area contributed by atoms with Gasteiger partial charge in [-0.05, 0) is 11.1 Å². The van der Waals surface area contributed by atoms with Crippen molar-refractivity contribution in [2.75, 3.05) is 0 Å². The molecule has 0 spiro atoms. The van der Waals surface area contributed by atoms with Crippen LogP contribution in [0.25, 0.3) is 0 Å². The molecule has 0 aliphatic heterocycles. The van der Waals surface area contributed by atoms with Gasteiger partial charge in [0.05, 0.1) is 0 Å². The van der Waals surface area contributed by atoms with Crippen LogP contribution in [0.5, 0.6) is 0 Å². The zero-order valence-corrected chi connectivity index (χ0v) is 8.31. The van der Waals surface area contributed by atoms with Crippen molar-refractivity contribution in [2.45, 2.75) is 6.17 Å². The zero-order valence-electron chi connectivity index (χ0n) is 8.31. The lowest BCUT2D eigenvalue weighted by Gasteiger charge is -2.07. The fourth-order valence-electron chi connectivity index (χ4n) is 1.47. The Kier molecular flexibility index (Phi) is 3.13. The Labute approximate surface area is 89.4 Å². The number of benzene rings is 2. The van der Waals surface area contributed by atoms with Crippen LogP contribution in [0.4, 0.5) is 4.39 Å². The van der Waals surface area contributed by atoms with Gasteiger partial charge < -0.3 is 0 Å². The molecule has 0 heterocycles. The summed E-state index contributed by atoms with van der Waals surface area (Å²) < 4.78 is 13.8. The molecule has 75 valence electrons. The maximum absolute atomic E-state index is 13.8. The molecule has 0 fully saturated rings. The zero-order chi connectivity index (χ0) is 10.5. The topological polar surface area (TPSA) is 0 Å². The van der Waals surface area contributed by atoms with Crippen LogP contribution in [-0.4, -0.2) is 0 Å². The molecule has 0 aliphatic rings. The third kappa shape index (κ3) is 2.66. The maximum atomic E-state index is 13.8. The Bertz CT molecular complexity index is 394. The van der Waals surface area contributed by atoms with Gasteiger partial charge in [0.2, 0.25) is 0 Å². The number of hydrogen-bond donors (Lipinski definition) is 0. The van der Waals surface area contributed by atoms with E-state index < -0.39 is 6.17 Å². The fraction of sp³-hybridized carbons (Fsp3) is 0.0714. The average Bonchev–Trinajstić information content (AvgIpc) is 2.31. The highest BCUT2D eigenvalue weighted by Crippen LogP contribution is 2.23. The third-order valence-electron chi connectivity index (χ3n) is 2.26. The van der Waals surface area contributed by atoms with E-state index in [0.29, 0.717) is 5.56 Å². The van der Waals surface area contributed by atoms with Crippen LogP contribution >= 0.6 is 0 Å². The van der Waals surface area contributed by atoms with Gasteiger partial charge in [-0.1, -0.05) is 60.7 Å². The second kappa shape index (κ2) is 4.74. The lowest BCUT2D eigenvalue weighted by Crippen LogP contribution is -1.93. The molecular weight excluding hydrogens is 187 g/mol. The van der Waals surface area contributed by atoms with Gasteiger partial charge in [0.1, 0.15) is 6.17 Å². The van der Waals surface area contributed by atoms with Gasteiger partial charge in [0.15, 0.2) is 0 Å². The molecule has 0 aromatic heterocycles. The van der Waals surface area contributed by atoms with Gasteiger partial charge in [-0.15, -0.1) is 0 Å². The first-order chi connectivity index (χ1) is 7.36. The van der Waals surface area contributed by atoms with Crippen molar-refractivity contribution in [3.63, 3.8) is 0 Å². The molecule has 0 nitrogen and oxygen atoms in total. The molecule has 0 saturated heterocycles. The average molecular weight is 199 g/mol. The predicted octanol–water partition coefficient (Wildman–Crippen LogP) is 3.95. The maximum Gasteiger partial charge on any atom is 0.133 e. The van der Waals surface area contributed by atoms with E-state index in [2.05, 4.69) is 0 Å². The quantitative estimate of drug-likeness (QED) is 0.702. The normalized spacial score (nSPS) is 12.3. The summed E-state index contributed by atoms with van der Waals surface area (Å²) in [5.41, 5.74) is 1.61. The molecule has 15 heavy (non-hydrogen) atoms. The van der Waals surface area contributed by atoms with E-state index in [1.54, 1.807) is 18.6 Å². The van der Waals surface area contributed by atoms with Crippen molar-refractivity contribution in [1.29, 1.82) is 0 Å². The van der Waals surface area contributed by atoms with Gasteiger partial charge in [0, 0.05) is 6.42 Å². The lowest BCUT2D eigenvalue weighted by molar-refractivity contribution is 0.395. The van der Waals surface area contributed by atoms with Gasteiger partial charge in [0.25, 0.3) is 0 Å². The molecule has 1 unspecified atom stereocenters. The molecule has 1 heteroatoms. The Morgan fingerprint density at radius 1 is 0.800 bits per heavy atom. The molecule has 2 aromatic carbocycles. The van der Waals surface area contributed by atoms with E-state index in [-0.39, 0.29) is 0 Å². The number of alkyl halides is 1. The number of hydrogen-bond acceptors (Lipinski definition) is 0. The van der Waals surface area contributed by atoms with Crippen LogP contribution in [0.3, 0.4) is 0 Å². The standard InChI is InChI=1S/C14H12F/c15-14(13-9-5-2-6-10-13)11-12-7-3-1-4-8-12/h1-11,14H. The first-order valence-electron chi connectivity index (χ1n) is 4.95. The summed E-state index contributed by atoms with van der Waals surface area (Å²) in [6.07, 6.45) is 0.587. The van der Waals surface area contributed by atoms with Gasteiger partial charge >= 0.3 is 0 Å². The molecule has 1 radical (unpaired) electrons. The summed E-state index contributed by atoms with van der Waals surface area (Å²) in [5, 5.41) is 0. The van der Waals surface area contributed by atoms with E-state index in [9.17, 15) is 4.39 Å². The summed E-state index contributed by atoms with van der Waals surface area (Å²) in [6, 6.07) is 18.7. The number of halogens is 1. The molecule has 0 aliphatic carbocycles. The van der Waals surface area contributed by atoms with Crippen LogP contribution in [0.15, 0.2) is 60.7 Å². The van der Waals surface area contributed by atoms with E-state index in [1.165, 1.54) is 0 Å². The SMILES string of the molecule is FC([CH]c1ccccc1)c1ccccc1. The first kappa shape index (κ1) is 9.91. The highest BCUT2D eigenvalue weighted by molar-refractivity contribution is 5.29. The molecule has 1 atom stereocenters. The molecule has 0 N–H and O–H groups in total. The molecule has 0 bridgehead atoms. The first-order valence-corrected chi connectivity index (χ1v) is 4.95. The minimum atomic E-state index is -1.03. The molecule has 0 saturated carbocycles. The Hall–Kier alpha value is -1.63. The Balaban J connectivity index is 2.08. The van der Waals surface area contributed by atoms with Gasteiger partial charge in [-0.3, -0.25) is 0 Å². The second-order valence-electron chi connectivity index (χ2n) is 3.39. The van der Waals surface area contributed by atoms with Crippen LogP contribution in [0.2, 0.25) is 0 Å². The molecular formula is C14H12F. The summed E-state index contributed by atoms with van der Waals surface area (Å²) in [7, 11) is 0. The van der Waals surface area contributed by atoms with E-state index in [4.69, 9.17) is 0 Å². The predicted molar refractivity (Wildman–Crippen MR) is 60.1 cm³/mol. The van der Waals surface area contributed by atoms with E-state index >= 15 is 0 Å².